The van der Waals surface area contributed by atoms with Gasteiger partial charge in [0.1, 0.15) is 0 Å². The number of benzene rings is 1. The van der Waals surface area contributed by atoms with Crippen molar-refractivity contribution in [3.63, 3.8) is 0 Å². The number of H-pyrrole nitrogens is 1. The molecule has 2 aromatic rings. The molecule has 1 aromatic heterocycles. The SMILES string of the molecule is O=C(O)c1ccc2[nH]c3c(c2c1)CN(C(=O)CCC1CC1)CC3. The summed E-state index contributed by atoms with van der Waals surface area (Å²) in [7, 11) is 0. The van der Waals surface area contributed by atoms with Crippen molar-refractivity contribution in [3.8, 4) is 0 Å². The number of aromatic carboxylic acids is 1. The highest BCUT2D eigenvalue weighted by Gasteiger charge is 2.27. The summed E-state index contributed by atoms with van der Waals surface area (Å²) in [6.45, 7) is 1.33. The molecular weight excluding hydrogens is 292 g/mol. The number of aromatic nitrogens is 1. The van der Waals surface area contributed by atoms with Crippen molar-refractivity contribution in [1.29, 1.82) is 0 Å². The first kappa shape index (κ1) is 14.3. The largest absolute Gasteiger partial charge is 0.478 e. The highest BCUT2D eigenvalue weighted by molar-refractivity contribution is 5.95. The van der Waals surface area contributed by atoms with E-state index in [-0.39, 0.29) is 11.5 Å². The second-order valence-electron chi connectivity index (χ2n) is 6.69. The van der Waals surface area contributed by atoms with Crippen molar-refractivity contribution in [1.82, 2.24) is 9.88 Å². The molecule has 5 heteroatoms. The molecular formula is C18H20N2O3. The molecule has 1 amide bonds. The number of carbonyl (C=O) groups excluding carboxylic acids is 1. The van der Waals surface area contributed by atoms with Gasteiger partial charge in [0.05, 0.1) is 5.56 Å². The maximum atomic E-state index is 12.4. The molecule has 0 spiro atoms. The molecule has 23 heavy (non-hydrogen) atoms. The third-order valence-electron chi connectivity index (χ3n) is 5.04. The van der Waals surface area contributed by atoms with E-state index >= 15 is 0 Å². The summed E-state index contributed by atoms with van der Waals surface area (Å²) in [6.07, 6.45) is 5.01. The van der Waals surface area contributed by atoms with E-state index in [2.05, 4.69) is 4.98 Å². The Morgan fingerprint density at radius 2 is 2.13 bits per heavy atom. The summed E-state index contributed by atoms with van der Waals surface area (Å²) in [4.78, 5) is 28.9. The number of hydrogen-bond acceptors (Lipinski definition) is 2. The summed E-state index contributed by atoms with van der Waals surface area (Å²) in [5, 5.41) is 10.1. The molecule has 1 aliphatic heterocycles. The van der Waals surface area contributed by atoms with Gasteiger partial charge in [0.2, 0.25) is 5.91 Å². The Balaban J connectivity index is 1.59. The molecule has 1 aliphatic carbocycles. The molecule has 0 atom stereocenters. The van der Waals surface area contributed by atoms with Gasteiger partial charge in [0.25, 0.3) is 0 Å². The lowest BCUT2D eigenvalue weighted by molar-refractivity contribution is -0.132. The number of carbonyl (C=O) groups is 2. The highest BCUT2D eigenvalue weighted by Crippen LogP contribution is 2.34. The lowest BCUT2D eigenvalue weighted by Crippen LogP contribution is -2.35. The molecule has 2 N–H and O–H groups in total. The van der Waals surface area contributed by atoms with E-state index in [1.807, 2.05) is 11.0 Å². The highest BCUT2D eigenvalue weighted by atomic mass is 16.4. The van der Waals surface area contributed by atoms with Gasteiger partial charge in [-0.05, 0) is 30.5 Å². The Bertz CT molecular complexity index is 789. The van der Waals surface area contributed by atoms with Gasteiger partial charge in [-0.15, -0.1) is 0 Å². The third-order valence-corrected chi connectivity index (χ3v) is 5.04. The lowest BCUT2D eigenvalue weighted by Gasteiger charge is -2.27. The van der Waals surface area contributed by atoms with Crippen LogP contribution in [0.3, 0.4) is 0 Å². The minimum absolute atomic E-state index is 0.228. The van der Waals surface area contributed by atoms with Crippen molar-refractivity contribution >= 4 is 22.8 Å². The zero-order chi connectivity index (χ0) is 16.0. The second-order valence-corrected chi connectivity index (χ2v) is 6.69. The predicted molar refractivity (Wildman–Crippen MR) is 86.3 cm³/mol. The first-order valence-corrected chi connectivity index (χ1v) is 8.26. The number of carboxylic acid groups (broad SMARTS) is 1. The summed E-state index contributed by atoms with van der Waals surface area (Å²) >= 11 is 0. The number of amides is 1. The number of hydrogen-bond donors (Lipinski definition) is 2. The minimum Gasteiger partial charge on any atom is -0.478 e. The molecule has 0 radical (unpaired) electrons. The van der Waals surface area contributed by atoms with Crippen LogP contribution in [0.1, 0.15) is 47.3 Å². The van der Waals surface area contributed by atoms with E-state index in [1.54, 1.807) is 12.1 Å². The standard InChI is InChI=1S/C18H20N2O3/c21-17(6-3-11-1-2-11)20-8-7-16-14(10-20)13-9-12(18(22)23)4-5-15(13)19-16/h4-5,9,11,19H,1-3,6-8,10H2,(H,22,23). The molecule has 120 valence electrons. The van der Waals surface area contributed by atoms with E-state index in [0.717, 1.165) is 47.5 Å². The summed E-state index contributed by atoms with van der Waals surface area (Å²) in [6, 6.07) is 5.15. The van der Waals surface area contributed by atoms with Crippen molar-refractivity contribution < 1.29 is 14.7 Å². The lowest BCUT2D eigenvalue weighted by atomic mass is 10.0. The third kappa shape index (κ3) is 2.71. The number of carboxylic acids is 1. The van der Waals surface area contributed by atoms with E-state index in [1.165, 1.54) is 12.8 Å². The zero-order valence-electron chi connectivity index (χ0n) is 13.0. The van der Waals surface area contributed by atoms with Crippen LogP contribution in [0.25, 0.3) is 10.9 Å². The maximum Gasteiger partial charge on any atom is 0.335 e. The Labute approximate surface area is 134 Å². The average Bonchev–Trinajstić information content (AvgIpc) is 3.31. The smallest absolute Gasteiger partial charge is 0.335 e. The van der Waals surface area contributed by atoms with Crippen LogP contribution < -0.4 is 0 Å². The molecule has 0 saturated heterocycles. The summed E-state index contributed by atoms with van der Waals surface area (Å²) < 4.78 is 0. The number of nitrogens with zero attached hydrogens (tertiary/aromatic N) is 1. The molecule has 2 aliphatic rings. The van der Waals surface area contributed by atoms with E-state index in [4.69, 9.17) is 0 Å². The van der Waals surface area contributed by atoms with Crippen LogP contribution in [0.2, 0.25) is 0 Å². The van der Waals surface area contributed by atoms with Crippen LogP contribution in [0.4, 0.5) is 0 Å². The van der Waals surface area contributed by atoms with Gasteiger partial charge in [-0.2, -0.15) is 0 Å². The van der Waals surface area contributed by atoms with E-state index in [0.29, 0.717) is 13.0 Å². The Hall–Kier alpha value is -2.30. The molecule has 1 aromatic carbocycles. The van der Waals surface area contributed by atoms with Gasteiger partial charge in [-0.3, -0.25) is 4.79 Å². The van der Waals surface area contributed by atoms with Gasteiger partial charge in [-0.1, -0.05) is 12.8 Å². The number of rotatable bonds is 4. The first-order chi connectivity index (χ1) is 11.1. The topological polar surface area (TPSA) is 73.4 Å². The van der Waals surface area contributed by atoms with E-state index in [9.17, 15) is 14.7 Å². The van der Waals surface area contributed by atoms with Crippen molar-refractivity contribution in [2.24, 2.45) is 5.92 Å². The van der Waals surface area contributed by atoms with Gasteiger partial charge in [-0.25, -0.2) is 4.79 Å². The first-order valence-electron chi connectivity index (χ1n) is 8.26. The zero-order valence-corrected chi connectivity index (χ0v) is 13.0. The van der Waals surface area contributed by atoms with Gasteiger partial charge in [0, 0.05) is 48.1 Å². The number of nitrogens with one attached hydrogen (secondary N) is 1. The van der Waals surface area contributed by atoms with Crippen LogP contribution in [-0.2, 0) is 17.8 Å². The second kappa shape index (κ2) is 5.41. The molecule has 1 fully saturated rings. The fraction of sp³-hybridized carbons (Fsp3) is 0.444. The molecule has 1 saturated carbocycles. The van der Waals surface area contributed by atoms with Crippen LogP contribution >= 0.6 is 0 Å². The van der Waals surface area contributed by atoms with Crippen molar-refractivity contribution in [2.75, 3.05) is 6.54 Å². The molecule has 4 rings (SSSR count). The number of fused-ring (bicyclic) bond motifs is 3. The fourth-order valence-corrected chi connectivity index (χ4v) is 3.45. The molecule has 2 heterocycles. The van der Waals surface area contributed by atoms with Crippen LogP contribution in [0, 0.1) is 5.92 Å². The Morgan fingerprint density at radius 3 is 2.87 bits per heavy atom. The van der Waals surface area contributed by atoms with Gasteiger partial charge < -0.3 is 15.0 Å². The molecule has 0 bridgehead atoms. The van der Waals surface area contributed by atoms with Crippen molar-refractivity contribution in [3.05, 3.63) is 35.0 Å². The average molecular weight is 312 g/mol. The Morgan fingerprint density at radius 1 is 1.30 bits per heavy atom. The predicted octanol–water partition coefficient (Wildman–Crippen LogP) is 2.94. The quantitative estimate of drug-likeness (QED) is 0.911. The summed E-state index contributed by atoms with van der Waals surface area (Å²) in [5.74, 6) is 0.0758. The van der Waals surface area contributed by atoms with E-state index < -0.39 is 5.97 Å². The van der Waals surface area contributed by atoms with Crippen LogP contribution in [0.15, 0.2) is 18.2 Å². The van der Waals surface area contributed by atoms with Crippen molar-refractivity contribution in [2.45, 2.75) is 38.6 Å². The fourth-order valence-electron chi connectivity index (χ4n) is 3.45. The normalized spacial score (nSPS) is 17.3. The molecule has 5 nitrogen and oxygen atoms in total. The monoisotopic (exact) mass is 312 g/mol. The maximum absolute atomic E-state index is 12.4. The van der Waals surface area contributed by atoms with Gasteiger partial charge >= 0.3 is 5.97 Å². The minimum atomic E-state index is -0.921. The Kier molecular flexibility index (Phi) is 3.36. The molecule has 0 unspecified atom stereocenters. The summed E-state index contributed by atoms with van der Waals surface area (Å²) in [5.41, 5.74) is 3.45. The number of aromatic amines is 1. The van der Waals surface area contributed by atoms with Crippen LogP contribution in [0.5, 0.6) is 0 Å². The van der Waals surface area contributed by atoms with Crippen LogP contribution in [-0.4, -0.2) is 33.4 Å². The van der Waals surface area contributed by atoms with Gasteiger partial charge in [0.15, 0.2) is 0 Å².